The van der Waals surface area contributed by atoms with Gasteiger partial charge in [-0.15, -0.1) is 0 Å². The normalized spacial score (nSPS) is 9.94. The first-order valence-electron chi connectivity index (χ1n) is 5.45. The molecule has 0 fully saturated rings. The molecular weight excluding hydrogens is 269 g/mol. The van der Waals surface area contributed by atoms with E-state index in [0.29, 0.717) is 7.18 Å². The highest BCUT2D eigenvalue weighted by atomic mass is 79.9. The molecule has 0 bridgehead atoms. The topological polar surface area (TPSA) is 3.24 Å². The van der Waals surface area contributed by atoms with E-state index in [1.165, 1.54) is 22.0 Å². The number of benzene rings is 1. The Morgan fingerprint density at radius 2 is 1.94 bits per heavy atom. The zero-order valence-corrected chi connectivity index (χ0v) is 12.1. The molecule has 0 saturated heterocycles. The van der Waals surface area contributed by atoms with Gasteiger partial charge >= 0.3 is 0 Å². The van der Waals surface area contributed by atoms with Crippen LogP contribution in [0.3, 0.4) is 0 Å². The monoisotopic (exact) mass is 289 g/mol. The van der Waals surface area contributed by atoms with Crippen molar-refractivity contribution >= 4 is 15.9 Å². The van der Waals surface area contributed by atoms with E-state index in [9.17, 15) is 4.39 Å². The SMILES string of the molecule is CCCN(C)Cc1ccc(Br)c(C)c1.CF. The van der Waals surface area contributed by atoms with Gasteiger partial charge in [-0.1, -0.05) is 35.0 Å². The molecule has 0 aromatic heterocycles. The van der Waals surface area contributed by atoms with Gasteiger partial charge in [0.25, 0.3) is 0 Å². The fraction of sp³-hybridized carbons (Fsp3) is 0.538. The molecule has 0 heterocycles. The van der Waals surface area contributed by atoms with Gasteiger partial charge in [0.05, 0.1) is 7.18 Å². The van der Waals surface area contributed by atoms with Crippen LogP contribution in [0.4, 0.5) is 4.39 Å². The molecule has 0 atom stereocenters. The smallest absolute Gasteiger partial charge is 0.0785 e. The molecule has 1 aromatic carbocycles. The van der Waals surface area contributed by atoms with E-state index in [0.717, 1.165) is 13.1 Å². The summed E-state index contributed by atoms with van der Waals surface area (Å²) in [7, 11) is 2.67. The van der Waals surface area contributed by atoms with Crippen LogP contribution in [0.5, 0.6) is 0 Å². The Morgan fingerprint density at radius 3 is 2.44 bits per heavy atom. The van der Waals surface area contributed by atoms with Crippen LogP contribution >= 0.6 is 15.9 Å². The van der Waals surface area contributed by atoms with Gasteiger partial charge in [0.15, 0.2) is 0 Å². The van der Waals surface area contributed by atoms with Gasteiger partial charge in [-0.2, -0.15) is 0 Å². The van der Waals surface area contributed by atoms with Gasteiger partial charge < -0.3 is 4.90 Å². The van der Waals surface area contributed by atoms with Gasteiger partial charge in [-0.05, 0) is 44.1 Å². The van der Waals surface area contributed by atoms with E-state index < -0.39 is 0 Å². The Hall–Kier alpha value is -0.410. The fourth-order valence-electron chi connectivity index (χ4n) is 1.58. The molecule has 0 saturated carbocycles. The highest BCUT2D eigenvalue weighted by molar-refractivity contribution is 9.10. The summed E-state index contributed by atoms with van der Waals surface area (Å²) in [6.45, 7) is 6.55. The fourth-order valence-corrected chi connectivity index (χ4v) is 1.82. The number of hydrogen-bond donors (Lipinski definition) is 0. The van der Waals surface area contributed by atoms with Gasteiger partial charge in [0.2, 0.25) is 0 Å². The number of alkyl halides is 1. The molecular formula is C13H21BrFN. The van der Waals surface area contributed by atoms with Crippen LogP contribution in [0.2, 0.25) is 0 Å². The van der Waals surface area contributed by atoms with Gasteiger partial charge in [0, 0.05) is 11.0 Å². The first kappa shape index (κ1) is 15.6. The van der Waals surface area contributed by atoms with E-state index in [2.05, 4.69) is 59.9 Å². The number of rotatable bonds is 4. The first-order valence-corrected chi connectivity index (χ1v) is 6.24. The summed E-state index contributed by atoms with van der Waals surface area (Å²) in [5.74, 6) is 0. The highest BCUT2D eigenvalue weighted by Gasteiger charge is 2.00. The lowest BCUT2D eigenvalue weighted by atomic mass is 10.1. The molecule has 0 aliphatic rings. The van der Waals surface area contributed by atoms with E-state index >= 15 is 0 Å². The molecule has 1 nitrogen and oxygen atoms in total. The maximum absolute atomic E-state index is 9.50. The second-order valence-corrected chi connectivity index (χ2v) is 4.68. The number of halogens is 2. The summed E-state index contributed by atoms with van der Waals surface area (Å²) in [5.41, 5.74) is 2.70. The van der Waals surface area contributed by atoms with Crippen LogP contribution < -0.4 is 0 Å². The van der Waals surface area contributed by atoms with Crippen LogP contribution in [0, 0.1) is 6.92 Å². The summed E-state index contributed by atoms with van der Waals surface area (Å²) in [4.78, 5) is 2.35. The third kappa shape index (κ3) is 5.61. The summed E-state index contributed by atoms with van der Waals surface area (Å²) < 4.78 is 10.7. The van der Waals surface area contributed by atoms with Crippen LogP contribution in [0.25, 0.3) is 0 Å². The lowest BCUT2D eigenvalue weighted by Crippen LogP contribution is -2.18. The van der Waals surface area contributed by atoms with Gasteiger partial charge in [-0.25, -0.2) is 0 Å². The summed E-state index contributed by atoms with van der Waals surface area (Å²) in [6.07, 6.45) is 1.21. The maximum Gasteiger partial charge on any atom is 0.0785 e. The van der Waals surface area contributed by atoms with Crippen LogP contribution in [-0.2, 0) is 6.54 Å². The van der Waals surface area contributed by atoms with Gasteiger partial charge in [-0.3, -0.25) is 4.39 Å². The Kier molecular flexibility index (Phi) is 8.49. The maximum atomic E-state index is 9.50. The second kappa shape index (κ2) is 8.71. The average Bonchev–Trinajstić information content (AvgIpc) is 2.27. The molecule has 92 valence electrons. The third-order valence-corrected chi connectivity index (χ3v) is 3.17. The van der Waals surface area contributed by atoms with Crippen LogP contribution in [0.15, 0.2) is 22.7 Å². The molecule has 0 N–H and O–H groups in total. The van der Waals surface area contributed by atoms with Crippen molar-refractivity contribution in [1.82, 2.24) is 4.90 Å². The van der Waals surface area contributed by atoms with E-state index in [-0.39, 0.29) is 0 Å². The Bertz CT molecular complexity index is 302. The van der Waals surface area contributed by atoms with Crippen molar-refractivity contribution in [3.8, 4) is 0 Å². The minimum absolute atomic E-state index is 0.500. The van der Waals surface area contributed by atoms with Crippen LogP contribution in [-0.4, -0.2) is 25.7 Å². The molecule has 16 heavy (non-hydrogen) atoms. The minimum atomic E-state index is 0.500. The zero-order chi connectivity index (χ0) is 12.6. The first-order chi connectivity index (χ1) is 7.63. The number of aryl methyl sites for hydroxylation is 1. The van der Waals surface area contributed by atoms with Gasteiger partial charge in [0.1, 0.15) is 0 Å². The molecule has 0 spiro atoms. The molecule has 0 amide bonds. The summed E-state index contributed by atoms with van der Waals surface area (Å²) >= 11 is 3.51. The largest absolute Gasteiger partial charge is 0.302 e. The molecule has 3 heteroatoms. The van der Waals surface area contributed by atoms with Crippen LogP contribution in [0.1, 0.15) is 24.5 Å². The molecule has 0 aliphatic heterocycles. The molecule has 0 aliphatic carbocycles. The highest BCUT2D eigenvalue weighted by Crippen LogP contribution is 2.17. The minimum Gasteiger partial charge on any atom is -0.302 e. The molecule has 1 rings (SSSR count). The summed E-state index contributed by atoms with van der Waals surface area (Å²) in [6, 6.07) is 6.56. The Balaban J connectivity index is 0.00000106. The quantitative estimate of drug-likeness (QED) is 0.804. The molecule has 0 unspecified atom stereocenters. The summed E-state index contributed by atoms with van der Waals surface area (Å²) in [5, 5.41) is 0. The predicted molar refractivity (Wildman–Crippen MR) is 72.5 cm³/mol. The standard InChI is InChI=1S/C12H18BrN.CH3F/c1-4-7-14(3)9-11-5-6-12(13)10(2)8-11;1-2/h5-6,8H,4,7,9H2,1-3H3;1H3. The number of nitrogens with zero attached hydrogens (tertiary/aromatic N) is 1. The Morgan fingerprint density at radius 1 is 1.31 bits per heavy atom. The van der Waals surface area contributed by atoms with Crippen molar-refractivity contribution in [3.63, 3.8) is 0 Å². The van der Waals surface area contributed by atoms with E-state index in [4.69, 9.17) is 0 Å². The van der Waals surface area contributed by atoms with Crippen molar-refractivity contribution in [2.45, 2.75) is 26.8 Å². The number of hydrogen-bond acceptors (Lipinski definition) is 1. The predicted octanol–water partition coefficient (Wildman–Crippen LogP) is 4.19. The van der Waals surface area contributed by atoms with Crippen molar-refractivity contribution in [1.29, 1.82) is 0 Å². The van der Waals surface area contributed by atoms with Crippen molar-refractivity contribution < 1.29 is 4.39 Å². The lowest BCUT2D eigenvalue weighted by Gasteiger charge is -2.15. The molecule has 0 radical (unpaired) electrons. The lowest BCUT2D eigenvalue weighted by molar-refractivity contribution is 0.327. The average molecular weight is 290 g/mol. The molecule has 1 aromatic rings. The Labute approximate surface area is 107 Å². The van der Waals surface area contributed by atoms with E-state index in [1.54, 1.807) is 0 Å². The third-order valence-electron chi connectivity index (χ3n) is 2.28. The van der Waals surface area contributed by atoms with Crippen molar-refractivity contribution in [2.24, 2.45) is 0 Å². The van der Waals surface area contributed by atoms with Crippen molar-refractivity contribution in [3.05, 3.63) is 33.8 Å². The zero-order valence-electron chi connectivity index (χ0n) is 10.6. The second-order valence-electron chi connectivity index (χ2n) is 3.82. The van der Waals surface area contributed by atoms with Crippen molar-refractivity contribution in [2.75, 3.05) is 20.8 Å². The van der Waals surface area contributed by atoms with E-state index in [1.807, 2.05) is 0 Å².